The molecule has 20 heavy (non-hydrogen) atoms. The number of hydrogen-bond donors (Lipinski definition) is 0. The fourth-order valence-corrected chi connectivity index (χ4v) is 3.33. The number of carbonyl (C=O) groups is 1. The number of para-hydroxylation sites is 1. The number of thiazole rings is 1. The van der Waals surface area contributed by atoms with Crippen molar-refractivity contribution in [2.75, 3.05) is 11.4 Å². The number of nitrogens with zero attached hydrogens (tertiary/aromatic N) is 2. The molecule has 0 aliphatic heterocycles. The van der Waals surface area contributed by atoms with Gasteiger partial charge in [-0.05, 0) is 31.4 Å². The maximum atomic E-state index is 11.2. The van der Waals surface area contributed by atoms with E-state index in [0.717, 1.165) is 34.2 Å². The van der Waals surface area contributed by atoms with Crippen molar-refractivity contribution in [2.24, 2.45) is 0 Å². The summed E-state index contributed by atoms with van der Waals surface area (Å²) < 4.78 is 0. The quantitative estimate of drug-likeness (QED) is 0.757. The molecule has 0 bridgehead atoms. The van der Waals surface area contributed by atoms with E-state index >= 15 is 0 Å². The van der Waals surface area contributed by atoms with Gasteiger partial charge in [0.1, 0.15) is 0 Å². The standard InChI is InChI=1S/C16H20N2OS/c1-5-18(13-9-7-6-8-12(13)4)16-17-15(11(2)3)14(10-19)20-16/h6-11H,5H2,1-4H3. The monoisotopic (exact) mass is 288 g/mol. The molecule has 2 rings (SSSR count). The smallest absolute Gasteiger partial charge is 0.190 e. The number of aromatic nitrogens is 1. The first-order valence-corrected chi connectivity index (χ1v) is 7.69. The molecule has 0 unspecified atom stereocenters. The first kappa shape index (κ1) is 14.7. The van der Waals surface area contributed by atoms with Crippen molar-refractivity contribution in [3.8, 4) is 0 Å². The van der Waals surface area contributed by atoms with Gasteiger partial charge in [0.05, 0.1) is 10.6 Å². The molecule has 2 aromatic rings. The normalized spacial score (nSPS) is 10.8. The molecule has 1 heterocycles. The third kappa shape index (κ3) is 2.75. The number of rotatable bonds is 5. The van der Waals surface area contributed by atoms with Crippen molar-refractivity contribution in [2.45, 2.75) is 33.6 Å². The lowest BCUT2D eigenvalue weighted by molar-refractivity contribution is 0.112. The Balaban J connectivity index is 2.48. The molecule has 0 atom stereocenters. The molecule has 0 fully saturated rings. The molecule has 0 saturated heterocycles. The van der Waals surface area contributed by atoms with Gasteiger partial charge >= 0.3 is 0 Å². The zero-order chi connectivity index (χ0) is 14.7. The summed E-state index contributed by atoms with van der Waals surface area (Å²) in [6.07, 6.45) is 0.919. The van der Waals surface area contributed by atoms with Crippen molar-refractivity contribution in [3.63, 3.8) is 0 Å². The van der Waals surface area contributed by atoms with Crippen molar-refractivity contribution >= 4 is 28.4 Å². The van der Waals surface area contributed by atoms with Gasteiger partial charge in [0.25, 0.3) is 0 Å². The van der Waals surface area contributed by atoms with Gasteiger partial charge in [-0.3, -0.25) is 4.79 Å². The Kier molecular flexibility index (Phi) is 4.55. The molecule has 0 amide bonds. The van der Waals surface area contributed by atoms with Gasteiger partial charge in [-0.25, -0.2) is 4.98 Å². The van der Waals surface area contributed by atoms with E-state index in [1.54, 1.807) is 0 Å². The summed E-state index contributed by atoms with van der Waals surface area (Å²) in [5.74, 6) is 0.260. The van der Waals surface area contributed by atoms with Crippen LogP contribution in [-0.2, 0) is 0 Å². The number of benzene rings is 1. The molecule has 106 valence electrons. The first-order valence-electron chi connectivity index (χ1n) is 6.87. The molecule has 0 N–H and O–H groups in total. The summed E-state index contributed by atoms with van der Waals surface area (Å²) in [4.78, 5) is 18.8. The lowest BCUT2D eigenvalue weighted by Gasteiger charge is -2.21. The highest BCUT2D eigenvalue weighted by molar-refractivity contribution is 7.17. The predicted octanol–water partition coefficient (Wildman–Crippen LogP) is 4.55. The Morgan fingerprint density at radius 2 is 2.05 bits per heavy atom. The lowest BCUT2D eigenvalue weighted by Crippen LogP contribution is -2.16. The van der Waals surface area contributed by atoms with Crippen LogP contribution in [0.4, 0.5) is 10.8 Å². The van der Waals surface area contributed by atoms with Crippen LogP contribution in [-0.4, -0.2) is 17.8 Å². The van der Waals surface area contributed by atoms with E-state index in [-0.39, 0.29) is 5.92 Å². The minimum Gasteiger partial charge on any atom is -0.318 e. The average Bonchev–Trinajstić information content (AvgIpc) is 2.86. The summed E-state index contributed by atoms with van der Waals surface area (Å²) in [7, 11) is 0. The van der Waals surface area contributed by atoms with Crippen LogP contribution >= 0.6 is 11.3 Å². The molecule has 1 aromatic heterocycles. The molecule has 0 aliphatic carbocycles. The lowest BCUT2D eigenvalue weighted by atomic mass is 10.1. The topological polar surface area (TPSA) is 33.2 Å². The zero-order valence-electron chi connectivity index (χ0n) is 12.4. The molecular weight excluding hydrogens is 268 g/mol. The van der Waals surface area contributed by atoms with Gasteiger partial charge in [0, 0.05) is 12.2 Å². The van der Waals surface area contributed by atoms with E-state index in [1.165, 1.54) is 16.9 Å². The van der Waals surface area contributed by atoms with Gasteiger partial charge in [0.15, 0.2) is 11.4 Å². The molecule has 0 aliphatic rings. The van der Waals surface area contributed by atoms with Crippen molar-refractivity contribution < 1.29 is 4.79 Å². The molecule has 3 nitrogen and oxygen atoms in total. The van der Waals surface area contributed by atoms with Crippen molar-refractivity contribution in [3.05, 3.63) is 40.4 Å². The Labute approximate surface area is 124 Å². The summed E-state index contributed by atoms with van der Waals surface area (Å²) in [6, 6.07) is 8.25. The number of carbonyl (C=O) groups excluding carboxylic acids is 1. The van der Waals surface area contributed by atoms with Crippen LogP contribution < -0.4 is 4.90 Å². The van der Waals surface area contributed by atoms with E-state index in [2.05, 4.69) is 49.7 Å². The van der Waals surface area contributed by atoms with E-state index in [9.17, 15) is 4.79 Å². The maximum absolute atomic E-state index is 11.2. The summed E-state index contributed by atoms with van der Waals surface area (Å²) in [5, 5.41) is 0.896. The molecule has 1 aromatic carbocycles. The highest BCUT2D eigenvalue weighted by Crippen LogP contribution is 2.34. The summed E-state index contributed by atoms with van der Waals surface area (Å²) in [6.45, 7) is 9.15. The SMILES string of the molecule is CCN(c1nc(C(C)C)c(C=O)s1)c1ccccc1C. The van der Waals surface area contributed by atoms with Gasteiger partial charge in [-0.2, -0.15) is 0 Å². The Morgan fingerprint density at radius 1 is 1.35 bits per heavy atom. The Morgan fingerprint density at radius 3 is 2.55 bits per heavy atom. The first-order chi connectivity index (χ1) is 9.58. The predicted molar refractivity (Wildman–Crippen MR) is 85.4 cm³/mol. The van der Waals surface area contributed by atoms with Gasteiger partial charge in [-0.15, -0.1) is 0 Å². The maximum Gasteiger partial charge on any atom is 0.190 e. The minimum absolute atomic E-state index is 0.260. The molecule has 0 saturated carbocycles. The zero-order valence-corrected chi connectivity index (χ0v) is 13.2. The van der Waals surface area contributed by atoms with E-state index in [1.807, 2.05) is 12.1 Å². The fraction of sp³-hybridized carbons (Fsp3) is 0.375. The van der Waals surface area contributed by atoms with Crippen LogP contribution in [0.25, 0.3) is 0 Å². The average molecular weight is 288 g/mol. The van der Waals surface area contributed by atoms with E-state index in [4.69, 9.17) is 0 Å². The fourth-order valence-electron chi connectivity index (χ4n) is 2.22. The number of hydrogen-bond acceptors (Lipinski definition) is 4. The highest BCUT2D eigenvalue weighted by atomic mass is 32.1. The van der Waals surface area contributed by atoms with Gasteiger partial charge in [0.2, 0.25) is 0 Å². The largest absolute Gasteiger partial charge is 0.318 e. The van der Waals surface area contributed by atoms with Gasteiger partial charge in [-0.1, -0.05) is 43.4 Å². The van der Waals surface area contributed by atoms with Crippen LogP contribution in [0.3, 0.4) is 0 Å². The third-order valence-corrected chi connectivity index (χ3v) is 4.30. The molecule has 0 spiro atoms. The van der Waals surface area contributed by atoms with E-state index < -0.39 is 0 Å². The summed E-state index contributed by atoms with van der Waals surface area (Å²) in [5.41, 5.74) is 3.26. The molecule has 0 radical (unpaired) electrons. The second-order valence-corrected chi connectivity index (χ2v) is 6.06. The van der Waals surface area contributed by atoms with Crippen LogP contribution in [0.1, 0.15) is 47.6 Å². The number of anilines is 2. The highest BCUT2D eigenvalue weighted by Gasteiger charge is 2.19. The summed E-state index contributed by atoms with van der Waals surface area (Å²) >= 11 is 1.47. The number of aryl methyl sites for hydroxylation is 1. The van der Waals surface area contributed by atoms with Crippen LogP contribution in [0.5, 0.6) is 0 Å². The van der Waals surface area contributed by atoms with Crippen LogP contribution in [0.15, 0.2) is 24.3 Å². The van der Waals surface area contributed by atoms with Crippen molar-refractivity contribution in [1.82, 2.24) is 4.98 Å². The second kappa shape index (κ2) is 6.18. The van der Waals surface area contributed by atoms with Crippen LogP contribution in [0, 0.1) is 6.92 Å². The third-order valence-electron chi connectivity index (χ3n) is 3.28. The van der Waals surface area contributed by atoms with E-state index in [0.29, 0.717) is 0 Å². The number of aldehydes is 1. The molecule has 4 heteroatoms. The Bertz CT molecular complexity index is 604. The molecular formula is C16H20N2OS. The minimum atomic E-state index is 0.260. The van der Waals surface area contributed by atoms with Crippen molar-refractivity contribution in [1.29, 1.82) is 0 Å². The van der Waals surface area contributed by atoms with Crippen LogP contribution in [0.2, 0.25) is 0 Å². The second-order valence-electron chi connectivity index (χ2n) is 5.05. The Hall–Kier alpha value is -1.68. The van der Waals surface area contributed by atoms with Gasteiger partial charge < -0.3 is 4.90 Å².